The SMILES string of the molecule is CCCCCCC(I)C(=O)[Si](C)(C)c1ccccc1. The summed E-state index contributed by atoms with van der Waals surface area (Å²) >= 11 is 2.36. The largest absolute Gasteiger partial charge is 0.304 e. The Morgan fingerprint density at radius 3 is 2.37 bits per heavy atom. The molecule has 1 aromatic rings. The van der Waals surface area contributed by atoms with Gasteiger partial charge in [0.1, 0.15) is 5.41 Å². The zero-order valence-electron chi connectivity index (χ0n) is 12.3. The molecule has 0 amide bonds. The third-order valence-corrected chi connectivity index (χ3v) is 8.84. The van der Waals surface area contributed by atoms with Gasteiger partial charge in [0.15, 0.2) is 8.07 Å². The van der Waals surface area contributed by atoms with Gasteiger partial charge in [0.2, 0.25) is 0 Å². The molecule has 19 heavy (non-hydrogen) atoms. The molecule has 0 heterocycles. The minimum Gasteiger partial charge on any atom is -0.304 e. The molecule has 0 aromatic heterocycles. The molecule has 0 saturated heterocycles. The lowest BCUT2D eigenvalue weighted by Crippen LogP contribution is -2.52. The quantitative estimate of drug-likeness (QED) is 0.278. The Morgan fingerprint density at radius 2 is 1.79 bits per heavy atom. The monoisotopic (exact) mass is 388 g/mol. The molecule has 1 unspecified atom stereocenters. The van der Waals surface area contributed by atoms with Crippen LogP contribution in [0.15, 0.2) is 30.3 Å². The number of hydrogen-bond donors (Lipinski definition) is 0. The number of carbonyl (C=O) groups is 1. The van der Waals surface area contributed by atoms with Crippen LogP contribution in [0, 0.1) is 0 Å². The molecule has 106 valence electrons. The van der Waals surface area contributed by atoms with Gasteiger partial charge < -0.3 is 4.79 Å². The van der Waals surface area contributed by atoms with Crippen LogP contribution >= 0.6 is 22.6 Å². The van der Waals surface area contributed by atoms with Crippen LogP contribution in [0.2, 0.25) is 13.1 Å². The minimum atomic E-state index is -1.96. The number of carbonyl (C=O) groups excluding carboxylic acids is 1. The molecule has 3 heteroatoms. The highest BCUT2D eigenvalue weighted by Gasteiger charge is 2.35. The maximum absolute atomic E-state index is 12.7. The number of benzene rings is 1. The van der Waals surface area contributed by atoms with E-state index in [1.807, 2.05) is 18.2 Å². The van der Waals surface area contributed by atoms with Crippen molar-refractivity contribution in [2.24, 2.45) is 0 Å². The van der Waals surface area contributed by atoms with Crippen molar-refractivity contribution in [1.82, 2.24) is 0 Å². The third-order valence-electron chi connectivity index (χ3n) is 3.71. The summed E-state index contributed by atoms with van der Waals surface area (Å²) in [6.07, 6.45) is 6.03. The molecular formula is C16H25IOSi. The predicted octanol–water partition coefficient (Wildman–Crippen LogP) is 4.48. The molecule has 1 aromatic carbocycles. The molecule has 1 atom stereocenters. The van der Waals surface area contributed by atoms with Crippen LogP contribution in [-0.4, -0.2) is 17.4 Å². The number of hydrogen-bond acceptors (Lipinski definition) is 1. The van der Waals surface area contributed by atoms with Crippen molar-refractivity contribution in [2.75, 3.05) is 0 Å². The summed E-state index contributed by atoms with van der Waals surface area (Å²) in [4.78, 5) is 12.7. The maximum Gasteiger partial charge on any atom is 0.158 e. The highest BCUT2D eigenvalue weighted by Crippen LogP contribution is 2.19. The molecule has 0 aliphatic carbocycles. The number of unbranched alkanes of at least 4 members (excludes halogenated alkanes) is 3. The summed E-state index contributed by atoms with van der Waals surface area (Å²) in [6, 6.07) is 10.3. The van der Waals surface area contributed by atoms with E-state index in [1.54, 1.807) is 0 Å². The van der Waals surface area contributed by atoms with Gasteiger partial charge in [-0.15, -0.1) is 0 Å². The molecule has 1 nitrogen and oxygen atoms in total. The van der Waals surface area contributed by atoms with E-state index < -0.39 is 8.07 Å². The first-order valence-electron chi connectivity index (χ1n) is 7.24. The zero-order valence-corrected chi connectivity index (χ0v) is 15.4. The lowest BCUT2D eigenvalue weighted by atomic mass is 10.1. The van der Waals surface area contributed by atoms with Crippen LogP contribution in [0.4, 0.5) is 0 Å². The Bertz CT molecular complexity index is 389. The molecule has 0 saturated carbocycles. The minimum absolute atomic E-state index is 0.191. The van der Waals surface area contributed by atoms with E-state index in [0.717, 1.165) is 6.42 Å². The maximum atomic E-state index is 12.7. The first kappa shape index (κ1) is 16.9. The van der Waals surface area contributed by atoms with Crippen LogP contribution in [0.5, 0.6) is 0 Å². The first-order valence-corrected chi connectivity index (χ1v) is 11.5. The zero-order chi connectivity index (χ0) is 14.3. The van der Waals surface area contributed by atoms with Gasteiger partial charge in [-0.2, -0.15) is 0 Å². The van der Waals surface area contributed by atoms with Crippen molar-refractivity contribution in [3.05, 3.63) is 30.3 Å². The lowest BCUT2D eigenvalue weighted by molar-refractivity contribution is -0.111. The Kier molecular flexibility index (Phi) is 7.29. The van der Waals surface area contributed by atoms with Crippen LogP contribution in [0.1, 0.15) is 39.0 Å². The summed E-state index contributed by atoms with van der Waals surface area (Å²) < 4.78 is 0.191. The first-order chi connectivity index (χ1) is 9.00. The van der Waals surface area contributed by atoms with E-state index in [-0.39, 0.29) is 3.92 Å². The van der Waals surface area contributed by atoms with E-state index in [2.05, 4.69) is 54.7 Å². The van der Waals surface area contributed by atoms with Gasteiger partial charge in [-0.05, 0) is 6.42 Å². The average molecular weight is 388 g/mol. The molecule has 0 N–H and O–H groups in total. The number of rotatable bonds is 8. The molecule has 0 aliphatic rings. The molecular weight excluding hydrogens is 363 g/mol. The van der Waals surface area contributed by atoms with E-state index in [9.17, 15) is 4.79 Å². The van der Waals surface area contributed by atoms with Crippen molar-refractivity contribution in [1.29, 1.82) is 0 Å². The summed E-state index contributed by atoms with van der Waals surface area (Å²) in [6.45, 7) is 6.59. The van der Waals surface area contributed by atoms with E-state index in [0.29, 0.717) is 5.41 Å². The number of halogens is 1. The van der Waals surface area contributed by atoms with Crippen LogP contribution in [-0.2, 0) is 4.79 Å². The summed E-state index contributed by atoms with van der Waals surface area (Å²) in [5.41, 5.74) is 0. The third kappa shape index (κ3) is 5.03. The molecule has 0 radical (unpaired) electrons. The second kappa shape index (κ2) is 8.20. The van der Waals surface area contributed by atoms with Crippen molar-refractivity contribution in [3.63, 3.8) is 0 Å². The summed E-state index contributed by atoms with van der Waals surface area (Å²) in [7, 11) is -1.96. The van der Waals surface area contributed by atoms with E-state index in [1.165, 1.54) is 30.9 Å². The van der Waals surface area contributed by atoms with Gasteiger partial charge in [0.25, 0.3) is 0 Å². The second-order valence-electron chi connectivity index (χ2n) is 5.67. The van der Waals surface area contributed by atoms with Crippen molar-refractivity contribution >= 4 is 41.3 Å². The van der Waals surface area contributed by atoms with Gasteiger partial charge in [0, 0.05) is 0 Å². The molecule has 0 spiro atoms. The Hall–Kier alpha value is -0.163. The van der Waals surface area contributed by atoms with Crippen LogP contribution in [0.25, 0.3) is 0 Å². The Balaban J connectivity index is 2.60. The van der Waals surface area contributed by atoms with Gasteiger partial charge >= 0.3 is 0 Å². The Labute approximate surface area is 132 Å². The smallest absolute Gasteiger partial charge is 0.158 e. The summed E-state index contributed by atoms with van der Waals surface area (Å²) in [5, 5.41) is 1.76. The van der Waals surface area contributed by atoms with Crippen LogP contribution < -0.4 is 5.19 Å². The number of alkyl halides is 1. The standard InChI is InChI=1S/C16H25IOSi/c1-4-5-6-10-13-15(17)16(18)19(2,3)14-11-8-7-9-12-14/h7-9,11-12,15H,4-6,10,13H2,1-3H3. The van der Waals surface area contributed by atoms with Crippen LogP contribution in [0.3, 0.4) is 0 Å². The normalized spacial score (nSPS) is 13.3. The van der Waals surface area contributed by atoms with Gasteiger partial charge in [-0.1, -0.05) is 104 Å². The highest BCUT2D eigenvalue weighted by molar-refractivity contribution is 14.1. The predicted molar refractivity (Wildman–Crippen MR) is 95.1 cm³/mol. The lowest BCUT2D eigenvalue weighted by Gasteiger charge is -2.24. The Morgan fingerprint density at radius 1 is 1.16 bits per heavy atom. The van der Waals surface area contributed by atoms with Crippen molar-refractivity contribution in [2.45, 2.75) is 56.0 Å². The molecule has 0 aliphatic heterocycles. The topological polar surface area (TPSA) is 17.1 Å². The van der Waals surface area contributed by atoms with Gasteiger partial charge in [-0.25, -0.2) is 0 Å². The molecule has 0 fully saturated rings. The van der Waals surface area contributed by atoms with Crippen molar-refractivity contribution in [3.8, 4) is 0 Å². The summed E-state index contributed by atoms with van der Waals surface area (Å²) in [5.74, 6) is 0. The molecule has 0 bridgehead atoms. The van der Waals surface area contributed by atoms with E-state index in [4.69, 9.17) is 0 Å². The van der Waals surface area contributed by atoms with Gasteiger partial charge in [-0.3, -0.25) is 0 Å². The van der Waals surface area contributed by atoms with Crippen molar-refractivity contribution < 1.29 is 4.79 Å². The van der Waals surface area contributed by atoms with E-state index >= 15 is 0 Å². The molecule has 1 rings (SSSR count). The average Bonchev–Trinajstić information content (AvgIpc) is 2.43. The highest BCUT2D eigenvalue weighted by atomic mass is 127. The van der Waals surface area contributed by atoms with Gasteiger partial charge in [0.05, 0.1) is 3.92 Å². The fourth-order valence-corrected chi connectivity index (χ4v) is 7.28. The fourth-order valence-electron chi connectivity index (χ4n) is 2.27. The second-order valence-corrected chi connectivity index (χ2v) is 11.5. The fraction of sp³-hybridized carbons (Fsp3) is 0.562.